The van der Waals surface area contributed by atoms with Crippen LogP contribution in [0, 0.1) is 5.92 Å². The first-order valence-electron chi connectivity index (χ1n) is 10.2. The quantitative estimate of drug-likeness (QED) is 0.332. The number of benzene rings is 1. The largest absolute Gasteiger partial charge is 0.493 e. The molecule has 152 valence electrons. The minimum absolute atomic E-state index is 0.189. The minimum Gasteiger partial charge on any atom is -0.493 e. The Morgan fingerprint density at radius 1 is 1.22 bits per heavy atom. The molecular formula is C21H35N3O3. The zero-order valence-electron chi connectivity index (χ0n) is 17.0. The van der Waals surface area contributed by atoms with Gasteiger partial charge in [0.15, 0.2) is 17.5 Å². The summed E-state index contributed by atoms with van der Waals surface area (Å²) in [7, 11) is 1.66. The fourth-order valence-corrected chi connectivity index (χ4v) is 3.42. The van der Waals surface area contributed by atoms with E-state index in [-0.39, 0.29) is 6.10 Å². The number of hydrogen-bond donors (Lipinski definition) is 3. The number of ether oxygens (including phenoxy) is 2. The number of rotatable bonds is 10. The molecule has 1 aliphatic carbocycles. The Morgan fingerprint density at radius 3 is 2.74 bits per heavy atom. The van der Waals surface area contributed by atoms with Crippen molar-refractivity contribution in [2.75, 3.05) is 33.4 Å². The first kappa shape index (κ1) is 21.4. The zero-order chi connectivity index (χ0) is 19.5. The van der Waals surface area contributed by atoms with Crippen LogP contribution in [0.4, 0.5) is 0 Å². The van der Waals surface area contributed by atoms with Crippen molar-refractivity contribution < 1.29 is 14.6 Å². The molecule has 1 fully saturated rings. The van der Waals surface area contributed by atoms with E-state index in [9.17, 15) is 5.11 Å². The highest BCUT2D eigenvalue weighted by Gasteiger charge is 2.24. The SMILES string of the molecule is CCNC(=NCC1CCCC1O)NCCCc1ccc(OC)c(OCC)c1. The summed E-state index contributed by atoms with van der Waals surface area (Å²) in [6.45, 7) is 7.02. The molecule has 6 nitrogen and oxygen atoms in total. The van der Waals surface area contributed by atoms with Crippen molar-refractivity contribution in [3.8, 4) is 11.5 Å². The number of nitrogens with zero attached hydrogens (tertiary/aromatic N) is 1. The van der Waals surface area contributed by atoms with E-state index in [0.29, 0.717) is 19.1 Å². The second kappa shape index (κ2) is 11.7. The Hall–Kier alpha value is -1.95. The second-order valence-electron chi connectivity index (χ2n) is 6.93. The van der Waals surface area contributed by atoms with Crippen molar-refractivity contribution >= 4 is 5.96 Å². The predicted molar refractivity (Wildman–Crippen MR) is 110 cm³/mol. The number of nitrogens with one attached hydrogen (secondary N) is 2. The van der Waals surface area contributed by atoms with Crippen LogP contribution < -0.4 is 20.1 Å². The van der Waals surface area contributed by atoms with Gasteiger partial charge in [-0.25, -0.2) is 0 Å². The van der Waals surface area contributed by atoms with Gasteiger partial charge in [0, 0.05) is 25.6 Å². The normalized spacial score (nSPS) is 19.8. The lowest BCUT2D eigenvalue weighted by Crippen LogP contribution is -2.38. The highest BCUT2D eigenvalue weighted by Crippen LogP contribution is 2.28. The van der Waals surface area contributed by atoms with Gasteiger partial charge in [-0.05, 0) is 57.2 Å². The van der Waals surface area contributed by atoms with Crippen LogP contribution in [0.15, 0.2) is 23.2 Å². The van der Waals surface area contributed by atoms with Crippen LogP contribution in [0.5, 0.6) is 11.5 Å². The van der Waals surface area contributed by atoms with Crippen LogP contribution >= 0.6 is 0 Å². The van der Waals surface area contributed by atoms with E-state index in [1.807, 2.05) is 13.0 Å². The Kier molecular flexibility index (Phi) is 9.25. The van der Waals surface area contributed by atoms with Crippen molar-refractivity contribution in [2.24, 2.45) is 10.9 Å². The topological polar surface area (TPSA) is 75.1 Å². The van der Waals surface area contributed by atoms with Crippen LogP contribution in [0.3, 0.4) is 0 Å². The molecule has 1 aromatic carbocycles. The lowest BCUT2D eigenvalue weighted by atomic mass is 10.1. The Labute approximate surface area is 163 Å². The zero-order valence-corrected chi connectivity index (χ0v) is 17.0. The van der Waals surface area contributed by atoms with Gasteiger partial charge < -0.3 is 25.2 Å². The van der Waals surface area contributed by atoms with Crippen LogP contribution in [0.25, 0.3) is 0 Å². The van der Waals surface area contributed by atoms with Crippen molar-refractivity contribution in [3.05, 3.63) is 23.8 Å². The molecule has 3 N–H and O–H groups in total. The predicted octanol–water partition coefficient (Wildman–Crippen LogP) is 2.74. The maximum absolute atomic E-state index is 9.94. The van der Waals surface area contributed by atoms with E-state index in [4.69, 9.17) is 9.47 Å². The minimum atomic E-state index is -0.189. The number of aryl methyl sites for hydroxylation is 1. The van der Waals surface area contributed by atoms with E-state index in [0.717, 1.165) is 62.7 Å². The molecule has 1 aliphatic rings. The Balaban J connectivity index is 1.80. The monoisotopic (exact) mass is 377 g/mol. The summed E-state index contributed by atoms with van der Waals surface area (Å²) in [5.41, 5.74) is 1.23. The van der Waals surface area contributed by atoms with Crippen molar-refractivity contribution in [1.29, 1.82) is 0 Å². The van der Waals surface area contributed by atoms with Gasteiger partial charge in [-0.15, -0.1) is 0 Å². The molecule has 1 saturated carbocycles. The molecule has 1 aromatic rings. The molecule has 0 heterocycles. The molecule has 2 rings (SSSR count). The molecule has 0 spiro atoms. The molecule has 27 heavy (non-hydrogen) atoms. The molecule has 2 atom stereocenters. The molecule has 0 amide bonds. The van der Waals surface area contributed by atoms with Gasteiger partial charge in [0.05, 0.1) is 19.8 Å². The first-order chi connectivity index (χ1) is 13.2. The summed E-state index contributed by atoms with van der Waals surface area (Å²) < 4.78 is 11.0. The van der Waals surface area contributed by atoms with Crippen LogP contribution in [-0.4, -0.2) is 50.5 Å². The van der Waals surface area contributed by atoms with Crippen LogP contribution in [-0.2, 0) is 6.42 Å². The number of aliphatic hydroxyl groups is 1. The molecule has 0 bridgehead atoms. The van der Waals surface area contributed by atoms with Gasteiger partial charge in [-0.2, -0.15) is 0 Å². The number of aliphatic hydroxyl groups excluding tert-OH is 1. The van der Waals surface area contributed by atoms with Gasteiger partial charge in [0.25, 0.3) is 0 Å². The van der Waals surface area contributed by atoms with Gasteiger partial charge in [-0.3, -0.25) is 4.99 Å². The van der Waals surface area contributed by atoms with Gasteiger partial charge in [-0.1, -0.05) is 12.5 Å². The van der Waals surface area contributed by atoms with Gasteiger partial charge >= 0.3 is 0 Å². The van der Waals surface area contributed by atoms with E-state index in [1.165, 1.54) is 5.56 Å². The van der Waals surface area contributed by atoms with Gasteiger partial charge in [0.2, 0.25) is 0 Å². The highest BCUT2D eigenvalue weighted by molar-refractivity contribution is 5.79. The Morgan fingerprint density at radius 2 is 2.07 bits per heavy atom. The first-order valence-corrected chi connectivity index (χ1v) is 10.2. The second-order valence-corrected chi connectivity index (χ2v) is 6.93. The number of hydrogen-bond acceptors (Lipinski definition) is 4. The lowest BCUT2D eigenvalue weighted by Gasteiger charge is -2.15. The van der Waals surface area contributed by atoms with Crippen molar-refractivity contribution in [2.45, 2.75) is 52.1 Å². The molecular weight excluding hydrogens is 342 g/mol. The van der Waals surface area contributed by atoms with Crippen molar-refractivity contribution in [3.63, 3.8) is 0 Å². The maximum atomic E-state index is 9.94. The maximum Gasteiger partial charge on any atom is 0.191 e. The Bertz CT molecular complexity index is 592. The van der Waals surface area contributed by atoms with Crippen LogP contribution in [0.1, 0.15) is 45.1 Å². The smallest absolute Gasteiger partial charge is 0.191 e. The van der Waals surface area contributed by atoms with Crippen LogP contribution in [0.2, 0.25) is 0 Å². The summed E-state index contributed by atoms with van der Waals surface area (Å²) >= 11 is 0. The number of aliphatic imine (C=N–C) groups is 1. The van der Waals surface area contributed by atoms with E-state index >= 15 is 0 Å². The average molecular weight is 378 g/mol. The fraction of sp³-hybridized carbons (Fsp3) is 0.667. The third-order valence-corrected chi connectivity index (χ3v) is 4.91. The third-order valence-electron chi connectivity index (χ3n) is 4.91. The van der Waals surface area contributed by atoms with E-state index in [1.54, 1.807) is 7.11 Å². The van der Waals surface area contributed by atoms with E-state index in [2.05, 4.69) is 34.7 Å². The summed E-state index contributed by atoms with van der Waals surface area (Å²) in [5.74, 6) is 2.71. The molecule has 0 radical (unpaired) electrons. The molecule has 6 heteroatoms. The summed E-state index contributed by atoms with van der Waals surface area (Å²) in [5, 5.41) is 16.6. The number of methoxy groups -OCH3 is 1. The fourth-order valence-electron chi connectivity index (χ4n) is 3.42. The lowest BCUT2D eigenvalue weighted by molar-refractivity contribution is 0.136. The summed E-state index contributed by atoms with van der Waals surface area (Å²) in [6, 6.07) is 6.11. The highest BCUT2D eigenvalue weighted by atomic mass is 16.5. The average Bonchev–Trinajstić information content (AvgIpc) is 3.08. The molecule has 2 unspecified atom stereocenters. The summed E-state index contributed by atoms with van der Waals surface area (Å²) in [4.78, 5) is 4.65. The number of guanidine groups is 1. The summed E-state index contributed by atoms with van der Waals surface area (Å²) in [6.07, 6.45) is 4.86. The van der Waals surface area contributed by atoms with Crippen molar-refractivity contribution in [1.82, 2.24) is 10.6 Å². The third kappa shape index (κ3) is 6.94. The molecule has 0 aromatic heterocycles. The standard InChI is InChI=1S/C21H35N3O3/c1-4-22-21(24-15-17-9-6-10-18(17)25)23-13-7-8-16-11-12-19(26-3)20(14-16)27-5-2/h11-12,14,17-18,25H,4-10,13,15H2,1-3H3,(H2,22,23,24). The van der Waals surface area contributed by atoms with Gasteiger partial charge in [0.1, 0.15) is 0 Å². The molecule has 0 saturated heterocycles. The van der Waals surface area contributed by atoms with E-state index < -0.39 is 0 Å². The molecule has 0 aliphatic heterocycles.